The molecule has 2 unspecified atom stereocenters. The van der Waals surface area contributed by atoms with Gasteiger partial charge in [-0.25, -0.2) is 4.58 Å². The van der Waals surface area contributed by atoms with Gasteiger partial charge in [0.2, 0.25) is 0 Å². The first-order chi connectivity index (χ1) is 20.7. The summed E-state index contributed by atoms with van der Waals surface area (Å²) >= 11 is 0. The van der Waals surface area contributed by atoms with E-state index in [4.69, 9.17) is 12.6 Å². The van der Waals surface area contributed by atoms with Crippen molar-refractivity contribution in [3.63, 3.8) is 0 Å². The molecule has 0 bridgehead atoms. The van der Waals surface area contributed by atoms with Crippen LogP contribution in [0.15, 0.2) is 78.6 Å². The molecule has 7 heteroatoms. The van der Waals surface area contributed by atoms with Crippen molar-refractivity contribution < 1.29 is 22.0 Å². The molecule has 2 heterocycles. The molecule has 238 valence electrons. The Morgan fingerprint density at radius 3 is 2.34 bits per heavy atom. The Bertz CT molecular complexity index is 1500. The van der Waals surface area contributed by atoms with Gasteiger partial charge in [0.15, 0.2) is 11.8 Å². The summed E-state index contributed by atoms with van der Waals surface area (Å²) < 4.78 is 28.0. The van der Waals surface area contributed by atoms with Gasteiger partial charge in [0.25, 0.3) is 0 Å². The van der Waals surface area contributed by atoms with Crippen LogP contribution < -0.4 is 4.90 Å². The van der Waals surface area contributed by atoms with Crippen LogP contribution in [0.25, 0.3) is 0 Å². The summed E-state index contributed by atoms with van der Waals surface area (Å²) in [6.07, 6.45) is 24.4. The summed E-state index contributed by atoms with van der Waals surface area (Å²) in [5.74, 6) is 1.02. The number of aryl methyl sites for hydroxylation is 1. The molecule has 1 aromatic carbocycles. The number of rotatable bonds is 11. The third-order valence-electron chi connectivity index (χ3n) is 9.33. The number of likely N-dealkylation sites (N-methyl/N-ethyl adjacent to an activating group) is 1. The molecule has 2 atom stereocenters. The Kier molecular flexibility index (Phi) is 12.1. The lowest BCUT2D eigenvalue weighted by molar-refractivity contribution is -0.550. The number of hydrogen-bond donors (Lipinski definition) is 0. The number of unbranched alkanes of at least 4 members (excludes halogenated alkanes) is 2. The topological polar surface area (TPSA) is 74.5 Å². The minimum absolute atomic E-state index is 0.0153. The number of benzene rings is 1. The van der Waals surface area contributed by atoms with Crippen molar-refractivity contribution in [2.45, 2.75) is 92.5 Å². The molecule has 0 radical (unpaired) electrons. The van der Waals surface area contributed by atoms with Crippen LogP contribution in [0.4, 0.5) is 5.69 Å². The van der Waals surface area contributed by atoms with Crippen molar-refractivity contribution in [2.75, 3.05) is 18.0 Å². The summed E-state index contributed by atoms with van der Waals surface area (Å²) in [6.45, 7) is 19.9. The van der Waals surface area contributed by atoms with Crippen LogP contribution in [-0.4, -0.2) is 47.8 Å². The van der Waals surface area contributed by atoms with E-state index < -0.39 is 10.6 Å². The summed E-state index contributed by atoms with van der Waals surface area (Å²) in [7, 11) is -3.11. The van der Waals surface area contributed by atoms with Crippen molar-refractivity contribution in [1.29, 1.82) is 0 Å². The fourth-order valence-corrected chi connectivity index (χ4v) is 6.88. The number of carbonyl (C=O) groups is 1. The lowest BCUT2D eigenvalue weighted by atomic mass is 9.73. The molecular weight excluding hydrogens is 568 g/mol. The molecule has 0 aromatic heterocycles. The minimum Gasteiger partial charge on any atom is -0.344 e. The maximum absolute atomic E-state index is 12.0. The fourth-order valence-electron chi connectivity index (χ4n) is 6.88. The van der Waals surface area contributed by atoms with Gasteiger partial charge in [-0.2, -0.15) is 0 Å². The molecule has 3 aliphatic rings. The van der Waals surface area contributed by atoms with Gasteiger partial charge in [0.05, 0.1) is 11.3 Å². The Morgan fingerprint density at radius 1 is 1.00 bits per heavy atom. The molecule has 0 fully saturated rings. The molecule has 0 saturated carbocycles. The SMILES string of the molecule is CCN1C(=CC=CC=CC2=[N+](CCCCCC(=O)C(C)C)C3C=CC=CC3C2(C)C)C(C)(C)c2cc(C)ccc21.O=S(=O)=O. The molecule has 2 aliphatic heterocycles. The summed E-state index contributed by atoms with van der Waals surface area (Å²) in [5, 5.41) is 0. The Morgan fingerprint density at radius 2 is 1.68 bits per heavy atom. The zero-order valence-corrected chi connectivity index (χ0v) is 28.7. The zero-order chi connectivity index (χ0) is 32.7. The molecule has 1 aliphatic carbocycles. The van der Waals surface area contributed by atoms with Crippen molar-refractivity contribution in [3.8, 4) is 0 Å². The van der Waals surface area contributed by atoms with Crippen molar-refractivity contribution in [2.24, 2.45) is 17.3 Å². The number of ketones is 1. The second-order valence-electron chi connectivity index (χ2n) is 13.4. The second kappa shape index (κ2) is 15.1. The molecule has 6 nitrogen and oxygen atoms in total. The van der Waals surface area contributed by atoms with Crippen molar-refractivity contribution in [3.05, 3.63) is 89.7 Å². The average Bonchev–Trinajstić information content (AvgIpc) is 3.30. The monoisotopic (exact) mass is 619 g/mol. The van der Waals surface area contributed by atoms with Crippen LogP contribution in [0.3, 0.4) is 0 Å². The number of nitrogens with zero attached hydrogens (tertiary/aromatic N) is 2. The van der Waals surface area contributed by atoms with E-state index in [1.54, 1.807) is 0 Å². The van der Waals surface area contributed by atoms with Gasteiger partial charge in [-0.05, 0) is 64.3 Å². The quantitative estimate of drug-likeness (QED) is 0.146. The molecular formula is C37H51N2O4S+. The molecule has 44 heavy (non-hydrogen) atoms. The number of hydrogen-bond acceptors (Lipinski definition) is 5. The van der Waals surface area contributed by atoms with Crippen LogP contribution >= 0.6 is 0 Å². The highest BCUT2D eigenvalue weighted by molar-refractivity contribution is 7.59. The predicted molar refractivity (Wildman–Crippen MR) is 181 cm³/mol. The second-order valence-corrected chi connectivity index (χ2v) is 13.8. The van der Waals surface area contributed by atoms with Gasteiger partial charge in [-0.3, -0.25) is 4.79 Å². The molecule has 4 rings (SSSR count). The van der Waals surface area contributed by atoms with Crippen LogP contribution in [0, 0.1) is 24.2 Å². The smallest absolute Gasteiger partial charge is 0.344 e. The maximum atomic E-state index is 12.0. The third kappa shape index (κ3) is 8.03. The number of allylic oxidation sites excluding steroid dienone is 8. The molecule has 0 spiro atoms. The highest BCUT2D eigenvalue weighted by atomic mass is 32.2. The van der Waals surface area contributed by atoms with Gasteiger partial charge in [0, 0.05) is 48.2 Å². The average molecular weight is 620 g/mol. The number of anilines is 1. The van der Waals surface area contributed by atoms with Gasteiger partial charge in [-0.15, -0.1) is 12.6 Å². The van der Waals surface area contributed by atoms with Crippen molar-refractivity contribution in [1.82, 2.24) is 0 Å². The number of carbonyl (C=O) groups excluding carboxylic acids is 1. The fraction of sp³-hybridized carbons (Fsp3) is 0.514. The maximum Gasteiger partial charge on any atom is 0.425 e. The lowest BCUT2D eigenvalue weighted by Crippen LogP contribution is -2.30. The van der Waals surface area contributed by atoms with Crippen LogP contribution in [0.5, 0.6) is 0 Å². The first-order valence-corrected chi connectivity index (χ1v) is 17.0. The van der Waals surface area contributed by atoms with Gasteiger partial charge < -0.3 is 4.90 Å². The summed E-state index contributed by atoms with van der Waals surface area (Å²) in [4.78, 5) is 14.5. The van der Waals surface area contributed by atoms with E-state index >= 15 is 0 Å². The van der Waals surface area contributed by atoms with E-state index in [1.165, 1.54) is 28.2 Å². The molecule has 0 amide bonds. The minimum atomic E-state index is -3.11. The lowest BCUT2D eigenvalue weighted by Gasteiger charge is -2.25. The molecule has 0 N–H and O–H groups in total. The zero-order valence-electron chi connectivity index (χ0n) is 27.8. The summed E-state index contributed by atoms with van der Waals surface area (Å²) in [6, 6.07) is 7.25. The highest BCUT2D eigenvalue weighted by Gasteiger charge is 2.52. The normalized spacial score (nSPS) is 22.2. The van der Waals surface area contributed by atoms with E-state index in [0.29, 0.717) is 24.2 Å². The van der Waals surface area contributed by atoms with Crippen LogP contribution in [-0.2, 0) is 20.8 Å². The van der Waals surface area contributed by atoms with Gasteiger partial charge >= 0.3 is 10.6 Å². The predicted octanol–water partition coefficient (Wildman–Crippen LogP) is 7.49. The Labute approximate surface area is 266 Å². The van der Waals surface area contributed by atoms with Crippen molar-refractivity contribution >= 4 is 27.8 Å². The largest absolute Gasteiger partial charge is 0.425 e. The van der Waals surface area contributed by atoms with E-state index in [9.17, 15) is 4.79 Å². The summed E-state index contributed by atoms with van der Waals surface area (Å²) in [5.41, 5.74) is 6.89. The van der Waals surface area contributed by atoms with Gasteiger partial charge in [0.1, 0.15) is 12.3 Å². The van der Waals surface area contributed by atoms with E-state index in [2.05, 4.69) is 124 Å². The third-order valence-corrected chi connectivity index (χ3v) is 9.33. The Hall–Kier alpha value is -3.32. The number of fused-ring (bicyclic) bond motifs is 2. The molecule has 1 aromatic rings. The van der Waals surface area contributed by atoms with Gasteiger partial charge in [-0.1, -0.05) is 81.8 Å². The van der Waals surface area contributed by atoms with E-state index in [0.717, 1.165) is 32.4 Å². The first-order valence-electron chi connectivity index (χ1n) is 16.0. The van der Waals surface area contributed by atoms with Crippen LogP contribution in [0.2, 0.25) is 0 Å². The van der Waals surface area contributed by atoms with Crippen LogP contribution in [0.1, 0.15) is 85.3 Å². The first kappa shape index (κ1) is 35.2. The molecule has 0 saturated heterocycles. The standard InChI is InChI=1S/C37H51N2O.O3S/c1-9-38-32-24-23-28(4)26-30(32)37(7,8)34(38)21-13-10-14-22-35-36(5,6)29-18-15-16-19-31(29)39(35)25-17-11-12-20-33(40)27(2)3;1-4(2)3/h10,13-16,18-19,21-24,26-27,29,31H,9,11-12,17,20,25H2,1-8H3;/q+1;. The highest BCUT2D eigenvalue weighted by Crippen LogP contribution is 2.48. The number of Topliss-reactive ketones (excluding diaryl/α,β-unsaturated/α-hetero) is 1. The van der Waals surface area contributed by atoms with E-state index in [-0.39, 0.29) is 16.7 Å². The Balaban J connectivity index is 0.00000124. The van der Waals surface area contributed by atoms with E-state index in [1.807, 2.05) is 13.8 Å².